The summed E-state index contributed by atoms with van der Waals surface area (Å²) >= 11 is 3.70. The highest BCUT2D eigenvalue weighted by Crippen LogP contribution is 2.41. The summed E-state index contributed by atoms with van der Waals surface area (Å²) in [6.45, 7) is 1.43. The van der Waals surface area contributed by atoms with Gasteiger partial charge in [-0.05, 0) is 28.9 Å². The molecule has 1 aromatic rings. The lowest BCUT2D eigenvalue weighted by Gasteiger charge is -2.03. The normalized spacial score (nSPS) is 14.6. The quantitative estimate of drug-likeness (QED) is 0.830. The standard InChI is InChI=1S/C7H6BrF3OS/c1-3(12)5-2-4(6(8)13-5)7(9,10)11/h2-3,12H,1H3. The van der Waals surface area contributed by atoms with Crippen molar-refractivity contribution in [3.63, 3.8) is 0 Å². The second-order valence-corrected chi connectivity index (χ2v) is 4.91. The van der Waals surface area contributed by atoms with E-state index < -0.39 is 17.8 Å². The summed E-state index contributed by atoms with van der Waals surface area (Å²) < 4.78 is 36.7. The first kappa shape index (κ1) is 11.0. The first-order valence-corrected chi connectivity index (χ1v) is 4.98. The van der Waals surface area contributed by atoms with E-state index in [0.717, 1.165) is 17.4 Å². The molecule has 1 aromatic heterocycles. The fourth-order valence-electron chi connectivity index (χ4n) is 0.786. The number of thiophene rings is 1. The average Bonchev–Trinajstić information content (AvgIpc) is 2.29. The number of aliphatic hydroxyl groups is 1. The third-order valence-corrected chi connectivity index (χ3v) is 3.43. The lowest BCUT2D eigenvalue weighted by Crippen LogP contribution is -2.03. The lowest BCUT2D eigenvalue weighted by atomic mass is 10.2. The number of hydrogen-bond acceptors (Lipinski definition) is 2. The monoisotopic (exact) mass is 274 g/mol. The Morgan fingerprint density at radius 3 is 2.31 bits per heavy atom. The second kappa shape index (κ2) is 3.59. The Morgan fingerprint density at radius 1 is 1.54 bits per heavy atom. The molecule has 0 spiro atoms. The van der Waals surface area contributed by atoms with Crippen molar-refractivity contribution in [2.45, 2.75) is 19.2 Å². The minimum absolute atomic E-state index is 0.0101. The Morgan fingerprint density at radius 2 is 2.08 bits per heavy atom. The minimum atomic E-state index is -4.36. The summed E-state index contributed by atoms with van der Waals surface area (Å²) in [5.74, 6) is 0. The predicted octanol–water partition coefficient (Wildman–Crippen LogP) is 3.58. The number of halogens is 4. The van der Waals surface area contributed by atoms with Gasteiger partial charge >= 0.3 is 6.18 Å². The molecule has 0 bridgehead atoms. The molecule has 0 aliphatic carbocycles. The van der Waals surface area contributed by atoms with Gasteiger partial charge in [0.05, 0.1) is 15.5 Å². The van der Waals surface area contributed by atoms with Gasteiger partial charge in [-0.15, -0.1) is 11.3 Å². The van der Waals surface area contributed by atoms with Crippen molar-refractivity contribution < 1.29 is 18.3 Å². The van der Waals surface area contributed by atoms with E-state index in [1.807, 2.05) is 0 Å². The molecule has 74 valence electrons. The zero-order chi connectivity index (χ0) is 10.2. The van der Waals surface area contributed by atoms with Gasteiger partial charge in [0, 0.05) is 4.88 Å². The van der Waals surface area contributed by atoms with Gasteiger partial charge in [-0.3, -0.25) is 0 Å². The van der Waals surface area contributed by atoms with E-state index in [2.05, 4.69) is 15.9 Å². The van der Waals surface area contributed by atoms with Crippen LogP contribution in [0, 0.1) is 0 Å². The highest BCUT2D eigenvalue weighted by molar-refractivity contribution is 9.11. The minimum Gasteiger partial charge on any atom is -0.388 e. The Labute approximate surface area is 85.3 Å². The van der Waals surface area contributed by atoms with Crippen molar-refractivity contribution in [2.24, 2.45) is 0 Å². The van der Waals surface area contributed by atoms with Crippen LogP contribution >= 0.6 is 27.3 Å². The summed E-state index contributed by atoms with van der Waals surface area (Å²) in [4.78, 5) is 0.305. The highest BCUT2D eigenvalue weighted by atomic mass is 79.9. The van der Waals surface area contributed by atoms with Crippen molar-refractivity contribution in [1.82, 2.24) is 0 Å². The molecular weight excluding hydrogens is 269 g/mol. The Balaban J connectivity index is 3.11. The number of rotatable bonds is 1. The van der Waals surface area contributed by atoms with Gasteiger partial charge in [-0.2, -0.15) is 13.2 Å². The fraction of sp³-hybridized carbons (Fsp3) is 0.429. The van der Waals surface area contributed by atoms with E-state index in [9.17, 15) is 13.2 Å². The number of aliphatic hydroxyl groups excluding tert-OH is 1. The van der Waals surface area contributed by atoms with Crippen LogP contribution in [0.1, 0.15) is 23.5 Å². The molecule has 6 heteroatoms. The molecular formula is C7H6BrF3OS. The molecule has 1 atom stereocenters. The molecule has 13 heavy (non-hydrogen) atoms. The van der Waals surface area contributed by atoms with Gasteiger partial charge in [-0.25, -0.2) is 0 Å². The first-order valence-electron chi connectivity index (χ1n) is 3.37. The van der Waals surface area contributed by atoms with Crippen LogP contribution in [-0.2, 0) is 6.18 Å². The van der Waals surface area contributed by atoms with E-state index in [4.69, 9.17) is 5.11 Å². The molecule has 1 rings (SSSR count). The van der Waals surface area contributed by atoms with E-state index in [1.165, 1.54) is 6.92 Å². The highest BCUT2D eigenvalue weighted by Gasteiger charge is 2.35. The van der Waals surface area contributed by atoms with Crippen LogP contribution in [0.15, 0.2) is 9.85 Å². The molecule has 0 saturated carbocycles. The number of hydrogen-bond donors (Lipinski definition) is 1. The SMILES string of the molecule is CC(O)c1cc(C(F)(F)F)c(Br)s1. The maximum atomic E-state index is 12.2. The smallest absolute Gasteiger partial charge is 0.388 e. The fourth-order valence-corrected chi connectivity index (χ4v) is 2.52. The zero-order valence-corrected chi connectivity index (χ0v) is 8.92. The average molecular weight is 275 g/mol. The van der Waals surface area contributed by atoms with Gasteiger partial charge in [0.25, 0.3) is 0 Å². The van der Waals surface area contributed by atoms with Crippen LogP contribution < -0.4 is 0 Å². The summed E-state index contributed by atoms with van der Waals surface area (Å²) in [5, 5.41) is 9.05. The van der Waals surface area contributed by atoms with Gasteiger partial charge in [0.15, 0.2) is 0 Å². The summed E-state index contributed by atoms with van der Waals surface area (Å²) in [7, 11) is 0. The summed E-state index contributed by atoms with van der Waals surface area (Å²) in [6.07, 6.45) is -5.22. The largest absolute Gasteiger partial charge is 0.418 e. The lowest BCUT2D eigenvalue weighted by molar-refractivity contribution is -0.137. The molecule has 1 nitrogen and oxygen atoms in total. The third-order valence-electron chi connectivity index (χ3n) is 1.42. The maximum Gasteiger partial charge on any atom is 0.418 e. The molecule has 0 amide bonds. The van der Waals surface area contributed by atoms with Crippen molar-refractivity contribution in [1.29, 1.82) is 0 Å². The van der Waals surface area contributed by atoms with E-state index in [0.29, 0.717) is 4.88 Å². The van der Waals surface area contributed by atoms with Crippen LogP contribution in [0.5, 0.6) is 0 Å². The summed E-state index contributed by atoms with van der Waals surface area (Å²) in [6, 6.07) is 0.958. The molecule has 0 aliphatic rings. The molecule has 0 radical (unpaired) electrons. The van der Waals surface area contributed by atoms with Crippen molar-refractivity contribution in [2.75, 3.05) is 0 Å². The van der Waals surface area contributed by atoms with Gasteiger partial charge in [-0.1, -0.05) is 0 Å². The van der Waals surface area contributed by atoms with Gasteiger partial charge < -0.3 is 5.11 Å². The van der Waals surface area contributed by atoms with E-state index in [1.54, 1.807) is 0 Å². The topological polar surface area (TPSA) is 20.2 Å². The predicted molar refractivity (Wildman–Crippen MR) is 47.7 cm³/mol. The maximum absolute atomic E-state index is 12.2. The van der Waals surface area contributed by atoms with Crippen LogP contribution in [0.4, 0.5) is 13.2 Å². The first-order chi connectivity index (χ1) is 5.82. The van der Waals surface area contributed by atoms with Crippen molar-refractivity contribution >= 4 is 27.3 Å². The molecule has 0 aromatic carbocycles. The molecule has 1 unspecified atom stereocenters. The second-order valence-electron chi connectivity index (χ2n) is 2.51. The molecule has 1 heterocycles. The van der Waals surface area contributed by atoms with Crippen molar-refractivity contribution in [3.05, 3.63) is 20.3 Å². The van der Waals surface area contributed by atoms with Gasteiger partial charge in [0.2, 0.25) is 0 Å². The van der Waals surface area contributed by atoms with Gasteiger partial charge in [0.1, 0.15) is 0 Å². The van der Waals surface area contributed by atoms with E-state index >= 15 is 0 Å². The van der Waals surface area contributed by atoms with Crippen LogP contribution in [0.2, 0.25) is 0 Å². The van der Waals surface area contributed by atoms with Crippen LogP contribution in [-0.4, -0.2) is 5.11 Å². The number of alkyl halides is 3. The third kappa shape index (κ3) is 2.45. The van der Waals surface area contributed by atoms with E-state index in [-0.39, 0.29) is 3.79 Å². The summed E-state index contributed by atoms with van der Waals surface area (Å²) in [5.41, 5.74) is -0.728. The van der Waals surface area contributed by atoms with Crippen LogP contribution in [0.25, 0.3) is 0 Å². The Kier molecular flexibility index (Phi) is 3.04. The Hall–Kier alpha value is -0.0700. The van der Waals surface area contributed by atoms with Crippen molar-refractivity contribution in [3.8, 4) is 0 Å². The Bertz CT molecular complexity index is 305. The zero-order valence-electron chi connectivity index (χ0n) is 6.52. The molecule has 0 saturated heterocycles. The molecule has 0 aliphatic heterocycles. The molecule has 0 fully saturated rings. The molecule has 1 N–H and O–H groups in total. The van der Waals surface area contributed by atoms with Crippen LogP contribution in [0.3, 0.4) is 0 Å².